The van der Waals surface area contributed by atoms with E-state index in [4.69, 9.17) is 16.3 Å². The number of para-hydroxylation sites is 1. The normalized spacial score (nSPS) is 12.1. The maximum absolute atomic E-state index is 6.08. The number of fused-ring (bicyclic) bond motifs is 1. The molecule has 1 N–H and O–H groups in total. The molecule has 2 nitrogen and oxygen atoms in total. The Kier molecular flexibility index (Phi) is 6.14. The first kappa shape index (κ1) is 19.5. The molecule has 0 heterocycles. The maximum atomic E-state index is 6.08. The van der Waals surface area contributed by atoms with E-state index in [0.717, 1.165) is 24.5 Å². The molecule has 0 saturated carbocycles. The van der Waals surface area contributed by atoms with Gasteiger partial charge in [0.05, 0.1) is 0 Å². The molecule has 0 fully saturated rings. The predicted molar refractivity (Wildman–Crippen MR) is 122 cm³/mol. The molecule has 0 bridgehead atoms. The average molecular weight is 402 g/mol. The van der Waals surface area contributed by atoms with E-state index in [1.165, 1.54) is 21.9 Å². The van der Waals surface area contributed by atoms with Crippen LogP contribution in [0.15, 0.2) is 91.0 Å². The lowest BCUT2D eigenvalue weighted by Crippen LogP contribution is -2.21. The van der Waals surface area contributed by atoms with Gasteiger partial charge in [-0.25, -0.2) is 0 Å². The van der Waals surface area contributed by atoms with Crippen molar-refractivity contribution in [1.29, 1.82) is 0 Å². The second-order valence-corrected chi connectivity index (χ2v) is 7.59. The van der Waals surface area contributed by atoms with Crippen molar-refractivity contribution in [3.63, 3.8) is 0 Å². The minimum atomic E-state index is 0.269. The van der Waals surface area contributed by atoms with Gasteiger partial charge in [0.25, 0.3) is 0 Å². The van der Waals surface area contributed by atoms with Crippen molar-refractivity contribution in [1.82, 2.24) is 5.32 Å². The molecule has 4 aromatic rings. The van der Waals surface area contributed by atoms with Crippen molar-refractivity contribution in [2.24, 2.45) is 0 Å². The van der Waals surface area contributed by atoms with E-state index in [2.05, 4.69) is 66.8 Å². The smallest absolute Gasteiger partial charge is 0.130 e. The van der Waals surface area contributed by atoms with Crippen LogP contribution in [0, 0.1) is 0 Å². The minimum absolute atomic E-state index is 0.269. The Labute approximate surface area is 177 Å². The van der Waals surface area contributed by atoms with Crippen LogP contribution in [0.3, 0.4) is 0 Å². The highest BCUT2D eigenvalue weighted by atomic mass is 35.5. The fourth-order valence-electron chi connectivity index (χ4n) is 3.60. The topological polar surface area (TPSA) is 21.3 Å². The minimum Gasteiger partial charge on any atom is -0.457 e. The van der Waals surface area contributed by atoms with Crippen molar-refractivity contribution in [2.75, 3.05) is 6.54 Å². The molecule has 0 aliphatic carbocycles. The van der Waals surface area contributed by atoms with Crippen LogP contribution in [0.2, 0.25) is 5.02 Å². The summed E-state index contributed by atoms with van der Waals surface area (Å²) in [4.78, 5) is 0. The van der Waals surface area contributed by atoms with Crippen molar-refractivity contribution in [3.05, 3.63) is 107 Å². The Balaban J connectivity index is 1.42. The van der Waals surface area contributed by atoms with Gasteiger partial charge < -0.3 is 10.1 Å². The number of nitrogens with one attached hydrogen (secondary N) is 1. The summed E-state index contributed by atoms with van der Waals surface area (Å²) in [6.07, 6.45) is 0.888. The zero-order valence-corrected chi connectivity index (χ0v) is 17.2. The van der Waals surface area contributed by atoms with Crippen molar-refractivity contribution >= 4 is 22.4 Å². The lowest BCUT2D eigenvalue weighted by Gasteiger charge is -2.17. The second-order valence-electron chi connectivity index (χ2n) is 7.16. The standard InChI is InChI=1S/C26H24ClNO/c1-19(24-11-6-9-20-7-2-4-10-25(20)24)28-18-17-21-8-3-5-12-26(21)29-23-15-13-22(27)14-16-23/h2-16,19,28H,17-18H2,1H3/t19-/m0/s1. The van der Waals surface area contributed by atoms with Gasteiger partial charge in [0, 0.05) is 11.1 Å². The Bertz CT molecular complexity index is 1090. The molecule has 29 heavy (non-hydrogen) atoms. The predicted octanol–water partition coefficient (Wildman–Crippen LogP) is 7.18. The van der Waals surface area contributed by atoms with Gasteiger partial charge >= 0.3 is 0 Å². The SMILES string of the molecule is C[C@H](NCCc1ccccc1Oc1ccc(Cl)cc1)c1cccc2ccccc12. The van der Waals surface area contributed by atoms with E-state index in [-0.39, 0.29) is 6.04 Å². The van der Waals surface area contributed by atoms with E-state index < -0.39 is 0 Å². The molecule has 0 aliphatic rings. The number of hydrogen-bond donors (Lipinski definition) is 1. The highest BCUT2D eigenvalue weighted by molar-refractivity contribution is 6.30. The fraction of sp³-hybridized carbons (Fsp3) is 0.154. The molecule has 0 aromatic heterocycles. The molecule has 4 aromatic carbocycles. The van der Waals surface area contributed by atoms with E-state index >= 15 is 0 Å². The molecule has 146 valence electrons. The Morgan fingerprint density at radius 1 is 0.828 bits per heavy atom. The van der Waals surface area contributed by atoms with Crippen LogP contribution in [0.5, 0.6) is 11.5 Å². The van der Waals surface area contributed by atoms with Crippen LogP contribution in [0.1, 0.15) is 24.1 Å². The Morgan fingerprint density at radius 3 is 2.41 bits per heavy atom. The van der Waals surface area contributed by atoms with Gasteiger partial charge in [0.2, 0.25) is 0 Å². The third-order valence-electron chi connectivity index (χ3n) is 5.15. The highest BCUT2D eigenvalue weighted by Crippen LogP contribution is 2.27. The molecule has 0 aliphatic heterocycles. The van der Waals surface area contributed by atoms with Gasteiger partial charge in [-0.3, -0.25) is 0 Å². The van der Waals surface area contributed by atoms with Gasteiger partial charge in [-0.05, 0) is 72.1 Å². The van der Waals surface area contributed by atoms with Crippen LogP contribution < -0.4 is 10.1 Å². The second kappa shape index (κ2) is 9.13. The molecular weight excluding hydrogens is 378 g/mol. The quantitative estimate of drug-likeness (QED) is 0.354. The summed E-state index contributed by atoms with van der Waals surface area (Å²) < 4.78 is 6.08. The lowest BCUT2D eigenvalue weighted by molar-refractivity contribution is 0.473. The molecule has 0 radical (unpaired) electrons. The molecule has 0 unspecified atom stereocenters. The number of ether oxygens (including phenoxy) is 1. The first-order valence-electron chi connectivity index (χ1n) is 9.93. The molecule has 0 saturated heterocycles. The van der Waals surface area contributed by atoms with Gasteiger partial charge in [-0.15, -0.1) is 0 Å². The number of rotatable bonds is 7. The maximum Gasteiger partial charge on any atom is 0.130 e. The Hall–Kier alpha value is -2.81. The van der Waals surface area contributed by atoms with Crippen molar-refractivity contribution in [3.8, 4) is 11.5 Å². The number of hydrogen-bond acceptors (Lipinski definition) is 2. The largest absolute Gasteiger partial charge is 0.457 e. The van der Waals surface area contributed by atoms with E-state index in [1.807, 2.05) is 36.4 Å². The summed E-state index contributed by atoms with van der Waals surface area (Å²) in [5.41, 5.74) is 2.51. The van der Waals surface area contributed by atoms with Crippen molar-refractivity contribution < 1.29 is 4.74 Å². The van der Waals surface area contributed by atoms with Crippen LogP contribution >= 0.6 is 11.6 Å². The zero-order chi connectivity index (χ0) is 20.1. The molecule has 1 atom stereocenters. The van der Waals surface area contributed by atoms with Gasteiger partial charge in [0.15, 0.2) is 0 Å². The summed E-state index contributed by atoms with van der Waals surface area (Å²) in [5.74, 6) is 1.67. The summed E-state index contributed by atoms with van der Waals surface area (Å²) in [6.45, 7) is 3.09. The van der Waals surface area contributed by atoms with Gasteiger partial charge in [-0.1, -0.05) is 72.3 Å². The van der Waals surface area contributed by atoms with Crippen LogP contribution in [0.25, 0.3) is 10.8 Å². The van der Waals surface area contributed by atoms with E-state index in [0.29, 0.717) is 5.02 Å². The summed E-state index contributed by atoms with van der Waals surface area (Å²) in [5, 5.41) is 6.96. The van der Waals surface area contributed by atoms with E-state index in [1.54, 1.807) is 0 Å². The summed E-state index contributed by atoms with van der Waals surface area (Å²) in [6, 6.07) is 31.0. The molecular formula is C26H24ClNO. The molecule has 4 rings (SSSR count). The Morgan fingerprint density at radius 2 is 1.55 bits per heavy atom. The third-order valence-corrected chi connectivity index (χ3v) is 5.40. The van der Waals surface area contributed by atoms with Gasteiger partial charge in [-0.2, -0.15) is 0 Å². The summed E-state index contributed by atoms with van der Waals surface area (Å²) in [7, 11) is 0. The van der Waals surface area contributed by atoms with Gasteiger partial charge in [0.1, 0.15) is 11.5 Å². The fourth-order valence-corrected chi connectivity index (χ4v) is 3.73. The zero-order valence-electron chi connectivity index (χ0n) is 16.4. The van der Waals surface area contributed by atoms with Crippen LogP contribution in [-0.2, 0) is 6.42 Å². The highest BCUT2D eigenvalue weighted by Gasteiger charge is 2.10. The average Bonchev–Trinajstić information content (AvgIpc) is 2.76. The van der Waals surface area contributed by atoms with Crippen LogP contribution in [0.4, 0.5) is 0 Å². The van der Waals surface area contributed by atoms with Crippen LogP contribution in [-0.4, -0.2) is 6.54 Å². The monoisotopic (exact) mass is 401 g/mol. The molecule has 3 heteroatoms. The molecule has 0 amide bonds. The third kappa shape index (κ3) is 4.79. The molecule has 0 spiro atoms. The summed E-state index contributed by atoms with van der Waals surface area (Å²) >= 11 is 5.97. The number of benzene rings is 4. The lowest BCUT2D eigenvalue weighted by atomic mass is 9.99. The number of halogens is 1. The first-order chi connectivity index (χ1) is 14.2. The van der Waals surface area contributed by atoms with Crippen molar-refractivity contribution in [2.45, 2.75) is 19.4 Å². The first-order valence-corrected chi connectivity index (χ1v) is 10.3. The van der Waals surface area contributed by atoms with E-state index in [9.17, 15) is 0 Å².